The number of fused-ring (bicyclic) bond motifs is 1. The summed E-state index contributed by atoms with van der Waals surface area (Å²) in [5, 5.41) is 0. The third kappa shape index (κ3) is 4.09. The highest BCUT2D eigenvalue weighted by Crippen LogP contribution is 2.34. The minimum absolute atomic E-state index is 0.0255. The first-order valence-electron chi connectivity index (χ1n) is 10.6. The molecule has 0 amide bonds. The molecular weight excluding hydrogens is 438 g/mol. The molecule has 3 aromatic rings. The number of morpholine rings is 1. The molecule has 1 aromatic carbocycles. The molecule has 11 nitrogen and oxygen atoms in total. The van der Waals surface area contributed by atoms with E-state index in [1.807, 2.05) is 9.80 Å². The van der Waals surface area contributed by atoms with E-state index in [1.165, 1.54) is 17.7 Å². The van der Waals surface area contributed by atoms with Crippen molar-refractivity contribution in [3.05, 3.63) is 18.0 Å². The van der Waals surface area contributed by atoms with Gasteiger partial charge in [0, 0.05) is 31.4 Å². The summed E-state index contributed by atoms with van der Waals surface area (Å²) in [5.74, 6) is 0.532. The molecule has 0 saturated carbocycles. The van der Waals surface area contributed by atoms with Gasteiger partial charge in [-0.05, 0) is 12.5 Å². The van der Waals surface area contributed by atoms with Gasteiger partial charge in [-0.3, -0.25) is 4.57 Å². The number of hydrogen-bond acceptors (Lipinski definition) is 10. The normalized spacial score (nSPS) is 17.2. The molecular formula is C20H24F2N8O3. The van der Waals surface area contributed by atoms with Gasteiger partial charge < -0.3 is 29.7 Å². The fraction of sp³-hybridized carbons (Fsp3) is 0.500. The lowest BCUT2D eigenvalue weighted by atomic mass is 10.2. The number of hydrogen-bond donors (Lipinski definition) is 1. The van der Waals surface area contributed by atoms with E-state index in [-0.39, 0.29) is 17.2 Å². The monoisotopic (exact) mass is 462 g/mol. The number of rotatable bonds is 5. The molecule has 2 aliphatic rings. The lowest BCUT2D eigenvalue weighted by Gasteiger charge is -2.30. The predicted octanol–water partition coefficient (Wildman–Crippen LogP) is 1.76. The molecule has 0 atom stereocenters. The number of halogens is 2. The summed E-state index contributed by atoms with van der Waals surface area (Å²) in [7, 11) is 1.43. The van der Waals surface area contributed by atoms with Crippen LogP contribution in [-0.2, 0) is 9.47 Å². The zero-order chi connectivity index (χ0) is 22.9. The standard InChI is InChI=1S/C20H24F2N8O3/c1-31-14-10-12(23)9-13-15(14)24-17(16(21)22)30(13)20-26-18(28-4-7-32-8-5-28)25-19(27-20)29-3-2-6-33-11-29/h9-10,16H,2-8,11,23H2,1H3. The molecule has 0 aliphatic carbocycles. The Morgan fingerprint density at radius 2 is 1.67 bits per heavy atom. The zero-order valence-corrected chi connectivity index (χ0v) is 18.1. The summed E-state index contributed by atoms with van der Waals surface area (Å²) in [6.45, 7) is 3.82. The Hall–Kier alpha value is -3.32. The molecule has 2 aliphatic heterocycles. The third-order valence-corrected chi connectivity index (χ3v) is 5.53. The summed E-state index contributed by atoms with van der Waals surface area (Å²) in [5.41, 5.74) is 6.93. The number of methoxy groups -OCH3 is 1. The Labute approximate surface area is 188 Å². The van der Waals surface area contributed by atoms with Crippen molar-refractivity contribution in [3.63, 3.8) is 0 Å². The summed E-state index contributed by atoms with van der Waals surface area (Å²) in [6.07, 6.45) is -2.08. The lowest BCUT2D eigenvalue weighted by molar-refractivity contribution is 0.106. The van der Waals surface area contributed by atoms with Crippen molar-refractivity contribution in [2.45, 2.75) is 12.8 Å². The molecule has 0 bridgehead atoms. The maximum Gasteiger partial charge on any atom is 0.296 e. The highest BCUT2D eigenvalue weighted by Gasteiger charge is 2.27. The number of alkyl halides is 2. The average Bonchev–Trinajstić information content (AvgIpc) is 3.24. The number of benzene rings is 1. The summed E-state index contributed by atoms with van der Waals surface area (Å²) in [6, 6.07) is 3.09. The van der Waals surface area contributed by atoms with Crippen LogP contribution in [0.15, 0.2) is 12.1 Å². The molecule has 5 rings (SSSR count). The smallest absolute Gasteiger partial charge is 0.296 e. The van der Waals surface area contributed by atoms with E-state index in [4.69, 9.17) is 19.9 Å². The number of nitrogens with zero attached hydrogens (tertiary/aromatic N) is 7. The third-order valence-electron chi connectivity index (χ3n) is 5.53. The minimum atomic E-state index is -2.88. The van der Waals surface area contributed by atoms with E-state index < -0.39 is 12.2 Å². The van der Waals surface area contributed by atoms with Crippen molar-refractivity contribution in [1.82, 2.24) is 24.5 Å². The second-order valence-electron chi connectivity index (χ2n) is 7.69. The molecule has 2 fully saturated rings. The van der Waals surface area contributed by atoms with E-state index >= 15 is 0 Å². The van der Waals surface area contributed by atoms with Crippen LogP contribution in [0.4, 0.5) is 26.4 Å². The minimum Gasteiger partial charge on any atom is -0.494 e. The van der Waals surface area contributed by atoms with E-state index in [0.29, 0.717) is 69.3 Å². The van der Waals surface area contributed by atoms with Crippen LogP contribution in [0, 0.1) is 0 Å². The molecule has 176 valence electrons. The number of anilines is 3. The Morgan fingerprint density at radius 1 is 0.939 bits per heavy atom. The maximum absolute atomic E-state index is 14.1. The number of imidazole rings is 1. The van der Waals surface area contributed by atoms with Gasteiger partial charge in [0.1, 0.15) is 18.0 Å². The molecule has 33 heavy (non-hydrogen) atoms. The predicted molar refractivity (Wildman–Crippen MR) is 116 cm³/mol. The van der Waals surface area contributed by atoms with Gasteiger partial charge in [0.15, 0.2) is 5.82 Å². The van der Waals surface area contributed by atoms with Crippen LogP contribution in [0.5, 0.6) is 5.75 Å². The van der Waals surface area contributed by atoms with Crippen LogP contribution >= 0.6 is 0 Å². The van der Waals surface area contributed by atoms with Crippen molar-refractivity contribution in [2.75, 3.05) is 68.8 Å². The van der Waals surface area contributed by atoms with Crippen molar-refractivity contribution >= 4 is 28.6 Å². The molecule has 13 heteroatoms. The van der Waals surface area contributed by atoms with Crippen LogP contribution in [0.2, 0.25) is 0 Å². The van der Waals surface area contributed by atoms with Crippen molar-refractivity contribution in [3.8, 4) is 11.7 Å². The van der Waals surface area contributed by atoms with Crippen molar-refractivity contribution < 1.29 is 23.0 Å². The van der Waals surface area contributed by atoms with Crippen LogP contribution in [0.25, 0.3) is 17.0 Å². The Morgan fingerprint density at radius 3 is 2.33 bits per heavy atom. The van der Waals surface area contributed by atoms with Gasteiger partial charge in [0.05, 0.1) is 32.4 Å². The summed E-state index contributed by atoms with van der Waals surface area (Å²) in [4.78, 5) is 21.7. The molecule has 2 N–H and O–H groups in total. The van der Waals surface area contributed by atoms with Crippen LogP contribution in [0.3, 0.4) is 0 Å². The van der Waals surface area contributed by atoms with E-state index in [2.05, 4.69) is 19.9 Å². The molecule has 0 unspecified atom stereocenters. The summed E-state index contributed by atoms with van der Waals surface area (Å²) >= 11 is 0. The van der Waals surface area contributed by atoms with Crippen molar-refractivity contribution in [2.24, 2.45) is 0 Å². The molecule has 0 spiro atoms. The molecule has 2 aromatic heterocycles. The fourth-order valence-electron chi connectivity index (χ4n) is 3.94. The number of aromatic nitrogens is 5. The van der Waals surface area contributed by atoms with Crippen LogP contribution < -0.4 is 20.3 Å². The number of ether oxygens (including phenoxy) is 3. The topological polar surface area (TPSA) is 117 Å². The van der Waals surface area contributed by atoms with Gasteiger partial charge in [-0.1, -0.05) is 0 Å². The largest absolute Gasteiger partial charge is 0.494 e. The summed E-state index contributed by atoms with van der Waals surface area (Å²) < 4.78 is 45.8. The second kappa shape index (κ2) is 8.90. The van der Waals surface area contributed by atoms with Gasteiger partial charge in [0.2, 0.25) is 17.8 Å². The first-order valence-corrected chi connectivity index (χ1v) is 10.6. The number of nitrogen functional groups attached to an aromatic ring is 1. The molecule has 4 heterocycles. The van der Waals surface area contributed by atoms with Gasteiger partial charge in [-0.15, -0.1) is 0 Å². The van der Waals surface area contributed by atoms with E-state index in [9.17, 15) is 8.78 Å². The van der Waals surface area contributed by atoms with E-state index in [1.54, 1.807) is 6.07 Å². The Balaban J connectivity index is 1.72. The molecule has 2 saturated heterocycles. The van der Waals surface area contributed by atoms with Crippen LogP contribution in [0.1, 0.15) is 18.7 Å². The Kier molecular flexibility index (Phi) is 5.81. The van der Waals surface area contributed by atoms with Gasteiger partial charge >= 0.3 is 0 Å². The zero-order valence-electron chi connectivity index (χ0n) is 18.1. The van der Waals surface area contributed by atoms with Gasteiger partial charge in [-0.25, -0.2) is 13.8 Å². The van der Waals surface area contributed by atoms with Gasteiger partial charge in [0.25, 0.3) is 6.43 Å². The maximum atomic E-state index is 14.1. The molecule has 0 radical (unpaired) electrons. The van der Waals surface area contributed by atoms with E-state index in [0.717, 1.165) is 6.42 Å². The SMILES string of the molecule is COc1cc(N)cc2c1nc(C(F)F)n2-c1nc(N2CCOCC2)nc(N2CCCOC2)n1. The highest BCUT2D eigenvalue weighted by molar-refractivity contribution is 5.87. The quantitative estimate of drug-likeness (QED) is 0.562. The fourth-order valence-corrected chi connectivity index (χ4v) is 3.94. The lowest BCUT2D eigenvalue weighted by Crippen LogP contribution is -2.39. The van der Waals surface area contributed by atoms with Crippen molar-refractivity contribution in [1.29, 1.82) is 0 Å². The first-order chi connectivity index (χ1) is 16.0. The van der Waals surface area contributed by atoms with Crippen LogP contribution in [-0.4, -0.2) is 77.8 Å². The highest BCUT2D eigenvalue weighted by atomic mass is 19.3. The average molecular weight is 462 g/mol. The Bertz CT molecular complexity index is 1110. The van der Waals surface area contributed by atoms with Gasteiger partial charge in [-0.2, -0.15) is 15.0 Å². The number of nitrogens with two attached hydrogens (primary N) is 1. The first kappa shape index (κ1) is 21.5. The second-order valence-corrected chi connectivity index (χ2v) is 7.69.